The normalized spacial score (nSPS) is 16.3. The molecule has 0 saturated carbocycles. The predicted molar refractivity (Wildman–Crippen MR) is 136 cm³/mol. The number of amides is 2. The second kappa shape index (κ2) is 9.16. The van der Waals surface area contributed by atoms with Gasteiger partial charge in [0.05, 0.1) is 23.8 Å². The lowest BCUT2D eigenvalue weighted by Gasteiger charge is -2.33. The molecule has 1 aliphatic rings. The van der Waals surface area contributed by atoms with Crippen molar-refractivity contribution < 1.29 is 13.2 Å². The first-order chi connectivity index (χ1) is 16.8. The number of sulfonamides is 1. The summed E-state index contributed by atoms with van der Waals surface area (Å²) in [4.78, 5) is 21.4. The van der Waals surface area contributed by atoms with Gasteiger partial charge < -0.3 is 20.9 Å². The third kappa shape index (κ3) is 4.64. The molecule has 4 aromatic rings. The fourth-order valence-electron chi connectivity index (χ4n) is 4.62. The first-order valence-electron chi connectivity index (χ1n) is 11.4. The molecule has 5 rings (SSSR count). The maximum atomic E-state index is 12.4. The van der Waals surface area contributed by atoms with Crippen LogP contribution >= 0.6 is 0 Å². The molecular weight excluding hydrogens is 466 g/mol. The molecule has 0 saturated heterocycles. The summed E-state index contributed by atoms with van der Waals surface area (Å²) in [6, 6.07) is 16.5. The Morgan fingerprint density at radius 2 is 1.86 bits per heavy atom. The number of hydrogen-bond acceptors (Lipinski definition) is 6. The number of nitrogen functional groups attached to an aromatic ring is 1. The van der Waals surface area contributed by atoms with E-state index < -0.39 is 10.0 Å². The van der Waals surface area contributed by atoms with Gasteiger partial charge in [0, 0.05) is 30.2 Å². The average molecular weight is 494 g/mol. The number of fused-ring (bicyclic) bond motifs is 5. The van der Waals surface area contributed by atoms with Crippen molar-refractivity contribution in [1.29, 1.82) is 0 Å². The van der Waals surface area contributed by atoms with Crippen LogP contribution in [0.4, 0.5) is 16.3 Å². The summed E-state index contributed by atoms with van der Waals surface area (Å²) < 4.78 is 28.4. The summed E-state index contributed by atoms with van der Waals surface area (Å²) in [5.41, 5.74) is 9.18. The molecular formula is C24H27N7O3S. The summed E-state index contributed by atoms with van der Waals surface area (Å²) in [5.74, 6) is 0.964. The van der Waals surface area contributed by atoms with Gasteiger partial charge in [-0.15, -0.1) is 0 Å². The Labute approximate surface area is 203 Å². The Balaban J connectivity index is 1.40. The van der Waals surface area contributed by atoms with Gasteiger partial charge in [-0.1, -0.05) is 36.4 Å². The lowest BCUT2D eigenvalue weighted by atomic mass is 10.1. The molecule has 1 aliphatic heterocycles. The van der Waals surface area contributed by atoms with Crippen molar-refractivity contribution in [1.82, 2.24) is 24.2 Å². The molecule has 0 fully saturated rings. The van der Waals surface area contributed by atoms with Gasteiger partial charge in [0.25, 0.3) is 0 Å². The van der Waals surface area contributed by atoms with Gasteiger partial charge in [-0.3, -0.25) is 0 Å². The molecule has 3 heterocycles. The van der Waals surface area contributed by atoms with E-state index in [9.17, 15) is 13.2 Å². The van der Waals surface area contributed by atoms with Crippen LogP contribution in [0.15, 0.2) is 54.6 Å². The fourth-order valence-corrected chi connectivity index (χ4v) is 5.42. The Morgan fingerprint density at radius 1 is 1.11 bits per heavy atom. The number of anilines is 2. The first-order valence-corrected chi connectivity index (χ1v) is 13.3. The molecule has 11 heteroatoms. The van der Waals surface area contributed by atoms with E-state index in [0.29, 0.717) is 48.8 Å². The summed E-state index contributed by atoms with van der Waals surface area (Å²) in [6.07, 6.45) is 2.51. The number of imidazole rings is 1. The number of para-hydroxylation sites is 2. The number of rotatable bonds is 6. The molecule has 182 valence electrons. The highest BCUT2D eigenvalue weighted by molar-refractivity contribution is 7.88. The van der Waals surface area contributed by atoms with Gasteiger partial charge in [-0.25, -0.2) is 23.2 Å². The number of nitrogens with two attached hydrogens (primary N) is 1. The van der Waals surface area contributed by atoms with Gasteiger partial charge in [0.2, 0.25) is 10.0 Å². The average Bonchev–Trinajstić information content (AvgIpc) is 3.23. The quantitative estimate of drug-likeness (QED) is 0.353. The molecule has 0 aliphatic carbocycles. The molecule has 35 heavy (non-hydrogen) atoms. The molecule has 0 radical (unpaired) electrons. The summed E-state index contributed by atoms with van der Waals surface area (Å²) >= 11 is 0. The van der Waals surface area contributed by atoms with Crippen LogP contribution in [-0.2, 0) is 16.6 Å². The number of urea groups is 1. The standard InChI is InChI=1S/C24H27N7O3S/c1-35(33,34)30-14-17(10-7-13-26-24(32)27-16-8-3-2-4-9-16)31-20(15-30)29-21-22(31)18-11-5-6-12-19(18)28-23(21)25/h2-6,8-9,11-12,17H,7,10,13-15H2,1H3,(H2,25,28)(H2,26,27,32)/t17-/m0/s1. The minimum absolute atomic E-state index is 0.164. The van der Waals surface area contributed by atoms with Crippen LogP contribution in [0.5, 0.6) is 0 Å². The zero-order valence-electron chi connectivity index (χ0n) is 19.3. The number of carbonyl (C=O) groups is 1. The van der Waals surface area contributed by atoms with E-state index >= 15 is 0 Å². The maximum Gasteiger partial charge on any atom is 0.319 e. The Bertz CT molecular complexity index is 1500. The van der Waals surface area contributed by atoms with Gasteiger partial charge >= 0.3 is 6.03 Å². The lowest BCUT2D eigenvalue weighted by molar-refractivity contribution is 0.250. The molecule has 4 N–H and O–H groups in total. The van der Waals surface area contributed by atoms with E-state index in [1.807, 2.05) is 54.6 Å². The number of benzene rings is 2. The predicted octanol–water partition coefficient (Wildman–Crippen LogP) is 3.08. The molecule has 2 aromatic carbocycles. The Morgan fingerprint density at radius 3 is 2.63 bits per heavy atom. The molecule has 0 spiro atoms. The van der Waals surface area contributed by atoms with Crippen LogP contribution in [0.3, 0.4) is 0 Å². The van der Waals surface area contributed by atoms with Crippen LogP contribution in [0.2, 0.25) is 0 Å². The zero-order chi connectivity index (χ0) is 24.6. The van der Waals surface area contributed by atoms with Gasteiger partial charge in [-0.2, -0.15) is 4.31 Å². The van der Waals surface area contributed by atoms with Crippen molar-refractivity contribution in [2.45, 2.75) is 25.4 Å². The first kappa shape index (κ1) is 23.1. The van der Waals surface area contributed by atoms with Crippen LogP contribution < -0.4 is 16.4 Å². The summed E-state index contributed by atoms with van der Waals surface area (Å²) in [7, 11) is -3.42. The third-order valence-corrected chi connectivity index (χ3v) is 7.44. The largest absolute Gasteiger partial charge is 0.382 e. The van der Waals surface area contributed by atoms with Gasteiger partial charge in [-0.05, 0) is 31.0 Å². The van der Waals surface area contributed by atoms with Crippen LogP contribution in [0, 0.1) is 0 Å². The number of carbonyl (C=O) groups excluding carboxylic acids is 1. The summed E-state index contributed by atoms with van der Waals surface area (Å²) in [6.45, 7) is 0.944. The highest BCUT2D eigenvalue weighted by atomic mass is 32.2. The number of nitrogens with one attached hydrogen (secondary N) is 2. The van der Waals surface area contributed by atoms with Gasteiger partial charge in [0.15, 0.2) is 5.82 Å². The molecule has 2 aromatic heterocycles. The number of aromatic nitrogens is 3. The minimum Gasteiger partial charge on any atom is -0.382 e. The highest BCUT2D eigenvalue weighted by Crippen LogP contribution is 2.36. The lowest BCUT2D eigenvalue weighted by Crippen LogP contribution is -2.41. The fraction of sp³-hybridized carbons (Fsp3) is 0.292. The topological polar surface area (TPSA) is 135 Å². The number of pyridine rings is 1. The maximum absolute atomic E-state index is 12.4. The molecule has 0 bridgehead atoms. The molecule has 1 atom stereocenters. The van der Waals surface area contributed by atoms with E-state index in [4.69, 9.17) is 10.7 Å². The van der Waals surface area contributed by atoms with Crippen LogP contribution in [-0.4, -0.2) is 52.6 Å². The van der Waals surface area contributed by atoms with E-state index in [-0.39, 0.29) is 18.6 Å². The van der Waals surface area contributed by atoms with E-state index in [0.717, 1.165) is 16.4 Å². The number of hydrogen-bond donors (Lipinski definition) is 3. The van der Waals surface area contributed by atoms with Crippen molar-refractivity contribution in [3.05, 3.63) is 60.4 Å². The monoisotopic (exact) mass is 493 g/mol. The summed E-state index contributed by atoms with van der Waals surface area (Å²) in [5, 5.41) is 6.59. The van der Waals surface area contributed by atoms with E-state index in [1.54, 1.807) is 0 Å². The molecule has 2 amide bonds. The van der Waals surface area contributed by atoms with Crippen molar-refractivity contribution in [3.63, 3.8) is 0 Å². The second-order valence-electron chi connectivity index (χ2n) is 8.71. The molecule has 10 nitrogen and oxygen atoms in total. The zero-order valence-corrected chi connectivity index (χ0v) is 20.1. The Kier molecular flexibility index (Phi) is 6.03. The number of nitrogens with zero attached hydrogens (tertiary/aromatic N) is 4. The Hall–Kier alpha value is -3.70. The highest BCUT2D eigenvalue weighted by Gasteiger charge is 2.33. The van der Waals surface area contributed by atoms with Crippen molar-refractivity contribution in [2.75, 3.05) is 30.4 Å². The SMILES string of the molecule is CS(=O)(=O)N1Cc2nc3c(N)nc4ccccc4c3n2[C@@H](CCCNC(=O)Nc2ccccc2)C1. The van der Waals surface area contributed by atoms with E-state index in [2.05, 4.69) is 20.2 Å². The molecule has 0 unspecified atom stereocenters. The third-order valence-electron chi connectivity index (χ3n) is 6.22. The van der Waals surface area contributed by atoms with Gasteiger partial charge in [0.1, 0.15) is 11.3 Å². The van der Waals surface area contributed by atoms with Crippen molar-refractivity contribution >= 4 is 49.5 Å². The van der Waals surface area contributed by atoms with Crippen molar-refractivity contribution in [3.8, 4) is 0 Å². The van der Waals surface area contributed by atoms with Crippen LogP contribution in [0.1, 0.15) is 24.7 Å². The second-order valence-corrected chi connectivity index (χ2v) is 10.7. The van der Waals surface area contributed by atoms with E-state index in [1.165, 1.54) is 10.6 Å². The van der Waals surface area contributed by atoms with Crippen LogP contribution in [0.25, 0.3) is 21.9 Å². The smallest absolute Gasteiger partial charge is 0.319 e. The minimum atomic E-state index is -3.42. The van der Waals surface area contributed by atoms with Crippen molar-refractivity contribution in [2.24, 2.45) is 0 Å².